The Bertz CT molecular complexity index is 725. The third kappa shape index (κ3) is 3.50. The van der Waals surface area contributed by atoms with Crippen molar-refractivity contribution in [2.24, 2.45) is 0 Å². The predicted molar refractivity (Wildman–Crippen MR) is 81.3 cm³/mol. The lowest BCUT2D eigenvalue weighted by Gasteiger charge is -2.16. The van der Waals surface area contributed by atoms with Gasteiger partial charge in [0.05, 0.1) is 16.2 Å². The summed E-state index contributed by atoms with van der Waals surface area (Å²) in [6.45, 7) is 1.86. The van der Waals surface area contributed by atoms with E-state index in [0.29, 0.717) is 16.3 Å². The van der Waals surface area contributed by atoms with Crippen LogP contribution in [0.1, 0.15) is 24.1 Å². The number of benzene rings is 2. The summed E-state index contributed by atoms with van der Waals surface area (Å²) in [4.78, 5) is 10.4. The van der Waals surface area contributed by atoms with Gasteiger partial charge in [-0.2, -0.15) is 5.26 Å². The van der Waals surface area contributed by atoms with E-state index in [1.807, 2.05) is 6.92 Å². The van der Waals surface area contributed by atoms with Crippen LogP contribution < -0.4 is 5.32 Å². The Labute approximate surface area is 126 Å². The summed E-state index contributed by atoms with van der Waals surface area (Å²) >= 11 is 5.93. The quantitative estimate of drug-likeness (QED) is 0.674. The zero-order chi connectivity index (χ0) is 15.4. The van der Waals surface area contributed by atoms with Crippen LogP contribution in [0.4, 0.5) is 11.4 Å². The molecule has 0 bridgehead atoms. The Morgan fingerprint density at radius 3 is 2.76 bits per heavy atom. The van der Waals surface area contributed by atoms with Crippen molar-refractivity contribution in [2.45, 2.75) is 13.0 Å². The molecule has 5 nitrogen and oxygen atoms in total. The number of nitrogens with one attached hydrogen (secondary N) is 1. The molecule has 2 aromatic carbocycles. The minimum atomic E-state index is -0.434. The van der Waals surface area contributed by atoms with Crippen LogP contribution in [0.15, 0.2) is 42.5 Å². The fourth-order valence-corrected chi connectivity index (χ4v) is 2.13. The van der Waals surface area contributed by atoms with Gasteiger partial charge >= 0.3 is 0 Å². The number of hydrogen-bond donors (Lipinski definition) is 1. The Morgan fingerprint density at radius 1 is 1.33 bits per heavy atom. The summed E-state index contributed by atoms with van der Waals surface area (Å²) in [6.07, 6.45) is 0. The number of nitrogens with zero attached hydrogens (tertiary/aromatic N) is 2. The number of anilines is 1. The highest BCUT2D eigenvalue weighted by Gasteiger charge is 2.12. The molecule has 1 unspecified atom stereocenters. The second kappa shape index (κ2) is 6.25. The number of hydrogen-bond acceptors (Lipinski definition) is 4. The predicted octanol–water partition coefficient (Wildman–Crippen LogP) is 4.29. The van der Waals surface area contributed by atoms with Gasteiger partial charge in [0.15, 0.2) is 0 Å². The summed E-state index contributed by atoms with van der Waals surface area (Å²) < 4.78 is 0. The normalized spacial score (nSPS) is 11.5. The molecule has 0 aliphatic rings. The van der Waals surface area contributed by atoms with E-state index in [4.69, 9.17) is 16.9 Å². The maximum Gasteiger partial charge on any atom is 0.269 e. The van der Waals surface area contributed by atoms with Crippen molar-refractivity contribution in [1.82, 2.24) is 0 Å². The van der Waals surface area contributed by atoms with Crippen LogP contribution in [0.2, 0.25) is 5.02 Å². The van der Waals surface area contributed by atoms with Gasteiger partial charge in [-0.1, -0.05) is 23.7 Å². The van der Waals surface area contributed by atoms with Crippen LogP contribution >= 0.6 is 11.6 Å². The molecule has 2 aromatic rings. The van der Waals surface area contributed by atoms with Crippen molar-refractivity contribution in [3.8, 4) is 6.07 Å². The van der Waals surface area contributed by atoms with Crippen LogP contribution in [-0.4, -0.2) is 4.92 Å². The summed E-state index contributed by atoms with van der Waals surface area (Å²) in [6, 6.07) is 13.2. The molecule has 0 aliphatic heterocycles. The van der Waals surface area contributed by atoms with E-state index >= 15 is 0 Å². The van der Waals surface area contributed by atoms with E-state index in [2.05, 4.69) is 11.4 Å². The smallest absolute Gasteiger partial charge is 0.269 e. The van der Waals surface area contributed by atoms with E-state index in [1.165, 1.54) is 12.1 Å². The summed E-state index contributed by atoms with van der Waals surface area (Å²) in [5.41, 5.74) is 1.86. The Kier molecular flexibility index (Phi) is 4.41. The molecule has 0 spiro atoms. The van der Waals surface area contributed by atoms with Gasteiger partial charge < -0.3 is 5.32 Å². The molecule has 0 aliphatic carbocycles. The standard InChI is InChI=1S/C15H12ClN3O2/c1-10(11-3-2-4-14(7-11)19(20)21)18-15-8-13(16)6-5-12(15)9-17/h2-8,10,18H,1H3. The molecule has 1 atom stereocenters. The first-order valence-corrected chi connectivity index (χ1v) is 6.59. The number of non-ortho nitro benzene ring substituents is 1. The SMILES string of the molecule is CC(Nc1cc(Cl)ccc1C#N)c1cccc([N+](=O)[O-])c1. The summed E-state index contributed by atoms with van der Waals surface area (Å²) in [7, 11) is 0. The molecule has 0 heterocycles. The summed E-state index contributed by atoms with van der Waals surface area (Å²) in [5.74, 6) is 0. The molecule has 0 saturated heterocycles. The van der Waals surface area contributed by atoms with Gasteiger partial charge in [0.2, 0.25) is 0 Å². The molecule has 0 fully saturated rings. The topological polar surface area (TPSA) is 79.0 Å². The molecule has 0 aromatic heterocycles. The molecule has 0 radical (unpaired) electrons. The monoisotopic (exact) mass is 301 g/mol. The molecule has 6 heteroatoms. The molecule has 0 saturated carbocycles. The van der Waals surface area contributed by atoms with Gasteiger partial charge in [-0.15, -0.1) is 0 Å². The molecule has 2 rings (SSSR count). The van der Waals surface area contributed by atoms with Crippen LogP contribution in [0.25, 0.3) is 0 Å². The number of nitro benzene ring substituents is 1. The Hall–Kier alpha value is -2.58. The first-order valence-electron chi connectivity index (χ1n) is 6.22. The van der Waals surface area contributed by atoms with Gasteiger partial charge in [0, 0.05) is 23.2 Å². The van der Waals surface area contributed by atoms with Crippen LogP contribution in [0, 0.1) is 21.4 Å². The number of nitro groups is 1. The molecule has 1 N–H and O–H groups in total. The van der Waals surface area contributed by atoms with Crippen molar-refractivity contribution in [1.29, 1.82) is 5.26 Å². The van der Waals surface area contributed by atoms with Crippen LogP contribution in [0.5, 0.6) is 0 Å². The lowest BCUT2D eigenvalue weighted by Crippen LogP contribution is -2.08. The minimum absolute atomic E-state index is 0.0350. The lowest BCUT2D eigenvalue weighted by atomic mass is 10.1. The fraction of sp³-hybridized carbons (Fsp3) is 0.133. The second-order valence-electron chi connectivity index (χ2n) is 4.52. The van der Waals surface area contributed by atoms with Crippen molar-refractivity contribution < 1.29 is 4.92 Å². The average molecular weight is 302 g/mol. The third-order valence-corrected chi connectivity index (χ3v) is 3.29. The maximum atomic E-state index is 10.8. The van der Waals surface area contributed by atoms with Crippen molar-refractivity contribution in [3.05, 3.63) is 68.7 Å². The minimum Gasteiger partial charge on any atom is -0.377 e. The Morgan fingerprint density at radius 2 is 2.10 bits per heavy atom. The van der Waals surface area contributed by atoms with Gasteiger partial charge in [0.1, 0.15) is 6.07 Å². The average Bonchev–Trinajstić information content (AvgIpc) is 2.47. The Balaban J connectivity index is 2.28. The highest BCUT2D eigenvalue weighted by Crippen LogP contribution is 2.26. The molecule has 106 valence electrons. The zero-order valence-corrected chi connectivity index (χ0v) is 12.0. The zero-order valence-electron chi connectivity index (χ0n) is 11.2. The molecular formula is C15H12ClN3O2. The van der Waals surface area contributed by atoms with E-state index in [1.54, 1.807) is 30.3 Å². The number of rotatable bonds is 4. The first-order chi connectivity index (χ1) is 10.0. The van der Waals surface area contributed by atoms with Gasteiger partial charge in [-0.05, 0) is 30.7 Å². The van der Waals surface area contributed by atoms with Crippen molar-refractivity contribution in [3.63, 3.8) is 0 Å². The largest absolute Gasteiger partial charge is 0.377 e. The van der Waals surface area contributed by atoms with Crippen molar-refractivity contribution in [2.75, 3.05) is 5.32 Å². The van der Waals surface area contributed by atoms with Crippen molar-refractivity contribution >= 4 is 23.0 Å². The lowest BCUT2D eigenvalue weighted by molar-refractivity contribution is -0.384. The van der Waals surface area contributed by atoms with Gasteiger partial charge in [0.25, 0.3) is 5.69 Å². The van der Waals surface area contributed by atoms with Crippen LogP contribution in [0.3, 0.4) is 0 Å². The number of halogens is 1. The first kappa shape index (κ1) is 14.8. The van der Waals surface area contributed by atoms with E-state index in [9.17, 15) is 10.1 Å². The number of nitriles is 1. The van der Waals surface area contributed by atoms with Gasteiger partial charge in [-0.3, -0.25) is 10.1 Å². The molecular weight excluding hydrogens is 290 g/mol. The fourth-order valence-electron chi connectivity index (χ4n) is 1.96. The third-order valence-electron chi connectivity index (χ3n) is 3.06. The van der Waals surface area contributed by atoms with E-state index in [0.717, 1.165) is 5.56 Å². The highest BCUT2D eigenvalue weighted by molar-refractivity contribution is 6.30. The molecule has 21 heavy (non-hydrogen) atoms. The second-order valence-corrected chi connectivity index (χ2v) is 4.96. The van der Waals surface area contributed by atoms with E-state index in [-0.39, 0.29) is 11.7 Å². The van der Waals surface area contributed by atoms with Crippen LogP contribution in [-0.2, 0) is 0 Å². The van der Waals surface area contributed by atoms with Gasteiger partial charge in [-0.25, -0.2) is 0 Å². The van der Waals surface area contributed by atoms with E-state index < -0.39 is 4.92 Å². The summed E-state index contributed by atoms with van der Waals surface area (Å²) in [5, 5.41) is 23.6. The maximum absolute atomic E-state index is 10.8. The highest BCUT2D eigenvalue weighted by atomic mass is 35.5. The molecule has 0 amide bonds.